The number of methoxy groups -OCH3 is 1. The van der Waals surface area contributed by atoms with Crippen molar-refractivity contribution in [3.8, 4) is 5.75 Å². The highest BCUT2D eigenvalue weighted by atomic mass is 16.5. The molecule has 164 valence electrons. The lowest BCUT2D eigenvalue weighted by atomic mass is 9.96. The number of unbranched alkanes of at least 4 members (excludes halogenated alkanes) is 2. The molecule has 1 N–H and O–H groups in total. The molecule has 6 nitrogen and oxygen atoms in total. The van der Waals surface area contributed by atoms with Gasteiger partial charge in [-0.05, 0) is 51.3 Å². The maximum Gasteiger partial charge on any atom is 0.341 e. The predicted molar refractivity (Wildman–Crippen MR) is 116 cm³/mol. The summed E-state index contributed by atoms with van der Waals surface area (Å²) in [6, 6.07) is 5.01. The lowest BCUT2D eigenvalue weighted by Gasteiger charge is -2.29. The number of hydrogen-bond donors (Lipinski definition) is 1. The molecule has 0 bridgehead atoms. The summed E-state index contributed by atoms with van der Waals surface area (Å²) < 4.78 is 16.6. The van der Waals surface area contributed by atoms with Crippen LogP contribution in [-0.2, 0) is 14.3 Å². The van der Waals surface area contributed by atoms with E-state index in [1.54, 1.807) is 18.2 Å². The van der Waals surface area contributed by atoms with Gasteiger partial charge in [0.15, 0.2) is 0 Å². The first-order valence-corrected chi connectivity index (χ1v) is 10.7. The topological polar surface area (TPSA) is 73.9 Å². The van der Waals surface area contributed by atoms with Crippen LogP contribution >= 0.6 is 0 Å². The standard InChI is InChI=1S/C23H37NO5/c1-7-10-11-14-23(5,28-15-8-2)22(26)24-18-12-13-20(29-17(4)9-3)19(16-18)21(25)27-6/h12-13,16-17H,7-11,14-15H2,1-6H3,(H,24,26)/t17-,23+/m1/s1. The van der Waals surface area contributed by atoms with E-state index >= 15 is 0 Å². The molecule has 29 heavy (non-hydrogen) atoms. The fourth-order valence-electron chi connectivity index (χ4n) is 2.83. The molecule has 2 atom stereocenters. The molecular weight excluding hydrogens is 370 g/mol. The lowest BCUT2D eigenvalue weighted by molar-refractivity contribution is -0.140. The van der Waals surface area contributed by atoms with Gasteiger partial charge in [-0.15, -0.1) is 0 Å². The monoisotopic (exact) mass is 407 g/mol. The first-order valence-electron chi connectivity index (χ1n) is 10.7. The molecule has 0 unspecified atom stereocenters. The third kappa shape index (κ3) is 7.69. The molecule has 0 spiro atoms. The number of esters is 1. The van der Waals surface area contributed by atoms with Gasteiger partial charge in [-0.2, -0.15) is 0 Å². The summed E-state index contributed by atoms with van der Waals surface area (Å²) in [5, 5.41) is 2.90. The van der Waals surface area contributed by atoms with Crippen LogP contribution in [0.5, 0.6) is 5.75 Å². The number of ether oxygens (including phenoxy) is 3. The maximum absolute atomic E-state index is 13.0. The van der Waals surface area contributed by atoms with Gasteiger partial charge in [0.05, 0.1) is 13.2 Å². The lowest BCUT2D eigenvalue weighted by Crippen LogP contribution is -2.43. The van der Waals surface area contributed by atoms with Gasteiger partial charge in [-0.1, -0.05) is 40.0 Å². The Morgan fingerprint density at radius 2 is 1.86 bits per heavy atom. The summed E-state index contributed by atoms with van der Waals surface area (Å²) in [6.07, 6.45) is 5.29. The Balaban J connectivity index is 3.06. The van der Waals surface area contributed by atoms with E-state index in [-0.39, 0.29) is 17.6 Å². The van der Waals surface area contributed by atoms with Crippen molar-refractivity contribution in [2.45, 2.75) is 84.8 Å². The summed E-state index contributed by atoms with van der Waals surface area (Å²) in [7, 11) is 1.32. The van der Waals surface area contributed by atoms with Crippen LogP contribution in [0.4, 0.5) is 5.69 Å². The third-order valence-corrected chi connectivity index (χ3v) is 4.91. The summed E-state index contributed by atoms with van der Waals surface area (Å²) in [4.78, 5) is 25.2. The molecular formula is C23H37NO5. The number of carbonyl (C=O) groups is 2. The van der Waals surface area contributed by atoms with E-state index < -0.39 is 11.6 Å². The van der Waals surface area contributed by atoms with Gasteiger partial charge >= 0.3 is 5.97 Å². The molecule has 1 aromatic rings. The molecule has 0 radical (unpaired) electrons. The molecule has 0 aliphatic rings. The van der Waals surface area contributed by atoms with Crippen LogP contribution in [0.2, 0.25) is 0 Å². The summed E-state index contributed by atoms with van der Waals surface area (Å²) >= 11 is 0. The van der Waals surface area contributed by atoms with Gasteiger partial charge < -0.3 is 19.5 Å². The van der Waals surface area contributed by atoms with E-state index in [0.29, 0.717) is 24.5 Å². The minimum absolute atomic E-state index is 0.0388. The number of hydrogen-bond acceptors (Lipinski definition) is 5. The Morgan fingerprint density at radius 1 is 1.14 bits per heavy atom. The van der Waals surface area contributed by atoms with Crippen molar-refractivity contribution < 1.29 is 23.8 Å². The molecule has 0 aromatic heterocycles. The van der Waals surface area contributed by atoms with Crippen LogP contribution in [0, 0.1) is 0 Å². The van der Waals surface area contributed by atoms with Crippen LogP contribution in [0.15, 0.2) is 18.2 Å². The first kappa shape index (κ1) is 25.0. The first-order chi connectivity index (χ1) is 13.8. The fraction of sp³-hybridized carbons (Fsp3) is 0.652. The number of nitrogens with one attached hydrogen (secondary N) is 1. The van der Waals surface area contributed by atoms with Gasteiger partial charge in [0.1, 0.15) is 16.9 Å². The molecule has 0 fully saturated rings. The highest BCUT2D eigenvalue weighted by Crippen LogP contribution is 2.27. The van der Waals surface area contributed by atoms with Crippen molar-refractivity contribution >= 4 is 17.6 Å². The number of rotatable bonds is 13. The molecule has 0 saturated carbocycles. The largest absolute Gasteiger partial charge is 0.490 e. The van der Waals surface area contributed by atoms with Gasteiger partial charge in [0, 0.05) is 12.3 Å². The number of benzene rings is 1. The van der Waals surface area contributed by atoms with Gasteiger partial charge in [0.2, 0.25) is 0 Å². The maximum atomic E-state index is 13.0. The second-order valence-corrected chi connectivity index (χ2v) is 7.53. The Kier molecular flexibility index (Phi) is 10.7. The van der Waals surface area contributed by atoms with E-state index in [2.05, 4.69) is 12.2 Å². The van der Waals surface area contributed by atoms with Crippen molar-refractivity contribution in [1.29, 1.82) is 0 Å². The van der Waals surface area contributed by atoms with Crippen LogP contribution < -0.4 is 10.1 Å². The average molecular weight is 408 g/mol. The average Bonchev–Trinajstić information content (AvgIpc) is 2.72. The smallest absolute Gasteiger partial charge is 0.341 e. The fourth-order valence-corrected chi connectivity index (χ4v) is 2.83. The Morgan fingerprint density at radius 3 is 2.45 bits per heavy atom. The van der Waals surface area contributed by atoms with Crippen molar-refractivity contribution in [1.82, 2.24) is 0 Å². The third-order valence-electron chi connectivity index (χ3n) is 4.91. The van der Waals surface area contributed by atoms with Crippen LogP contribution in [0.3, 0.4) is 0 Å². The Bertz CT molecular complexity index is 661. The zero-order chi connectivity index (χ0) is 21.9. The molecule has 0 aliphatic heterocycles. The van der Waals surface area contributed by atoms with E-state index in [1.807, 2.05) is 27.7 Å². The van der Waals surface area contributed by atoms with E-state index in [4.69, 9.17) is 14.2 Å². The Hall–Kier alpha value is -2.08. The van der Waals surface area contributed by atoms with Gasteiger partial charge in [-0.3, -0.25) is 4.79 Å². The van der Waals surface area contributed by atoms with Gasteiger partial charge in [-0.25, -0.2) is 4.79 Å². The van der Waals surface area contributed by atoms with Crippen molar-refractivity contribution in [2.24, 2.45) is 0 Å². The van der Waals surface area contributed by atoms with Gasteiger partial charge in [0.25, 0.3) is 5.91 Å². The zero-order valence-corrected chi connectivity index (χ0v) is 18.8. The van der Waals surface area contributed by atoms with Crippen molar-refractivity contribution in [3.63, 3.8) is 0 Å². The van der Waals surface area contributed by atoms with Crippen LogP contribution in [0.1, 0.15) is 83.5 Å². The molecule has 0 aliphatic carbocycles. The molecule has 6 heteroatoms. The molecule has 1 amide bonds. The number of carbonyl (C=O) groups excluding carboxylic acids is 2. The molecule has 1 rings (SSSR count). The highest BCUT2D eigenvalue weighted by molar-refractivity contribution is 5.99. The van der Waals surface area contributed by atoms with E-state index in [9.17, 15) is 9.59 Å². The predicted octanol–water partition coefficient (Wildman–Crippen LogP) is 5.35. The molecule has 1 aromatic carbocycles. The summed E-state index contributed by atoms with van der Waals surface area (Å²) in [5.41, 5.74) is -0.121. The Labute approximate surface area is 175 Å². The highest BCUT2D eigenvalue weighted by Gasteiger charge is 2.33. The minimum atomic E-state index is -0.914. The van der Waals surface area contributed by atoms with E-state index in [0.717, 1.165) is 32.1 Å². The minimum Gasteiger partial charge on any atom is -0.490 e. The van der Waals surface area contributed by atoms with E-state index in [1.165, 1.54) is 7.11 Å². The summed E-state index contributed by atoms with van der Waals surface area (Å²) in [5.74, 6) is -0.280. The van der Waals surface area contributed by atoms with Crippen LogP contribution in [0.25, 0.3) is 0 Å². The van der Waals surface area contributed by atoms with Crippen LogP contribution in [-0.4, -0.2) is 37.3 Å². The second kappa shape index (κ2) is 12.5. The SMILES string of the molecule is CCCCC[C@](C)(OCCC)C(=O)Nc1ccc(O[C@H](C)CC)c(C(=O)OC)c1. The second-order valence-electron chi connectivity index (χ2n) is 7.53. The number of anilines is 1. The zero-order valence-electron chi connectivity index (χ0n) is 18.8. The normalized spacial score (nSPS) is 14.0. The van der Waals surface area contributed by atoms with Crippen molar-refractivity contribution in [2.75, 3.05) is 19.0 Å². The molecule has 0 saturated heterocycles. The van der Waals surface area contributed by atoms with Crippen molar-refractivity contribution in [3.05, 3.63) is 23.8 Å². The molecule has 0 heterocycles. The number of amides is 1. The quantitative estimate of drug-likeness (QED) is 0.352. The summed E-state index contributed by atoms with van der Waals surface area (Å²) in [6.45, 7) is 10.4.